The van der Waals surface area contributed by atoms with Gasteiger partial charge in [0.1, 0.15) is 17.2 Å². The summed E-state index contributed by atoms with van der Waals surface area (Å²) in [5, 5.41) is 12.2. The Morgan fingerprint density at radius 1 is 1.03 bits per heavy atom. The molecule has 0 unspecified atom stereocenters. The maximum absolute atomic E-state index is 12.2. The molecule has 0 fully saturated rings. The molecule has 0 saturated carbocycles. The fourth-order valence-corrected chi connectivity index (χ4v) is 4.68. The lowest BCUT2D eigenvalue weighted by atomic mass is 9.93. The van der Waals surface area contributed by atoms with E-state index in [9.17, 15) is 5.11 Å². The highest BCUT2D eigenvalue weighted by atomic mass is 16.5. The van der Waals surface area contributed by atoms with Gasteiger partial charge in [-0.2, -0.15) is 4.90 Å². The molecule has 0 aromatic heterocycles. The van der Waals surface area contributed by atoms with Gasteiger partial charge in [0.05, 0.1) is 20.3 Å². The molecule has 5 nitrogen and oxygen atoms in total. The number of methoxy groups -OCH3 is 1. The minimum atomic E-state index is -1.15. The topological polar surface area (TPSA) is 44.9 Å². The third-order valence-electron chi connectivity index (χ3n) is 6.20. The van der Waals surface area contributed by atoms with Gasteiger partial charge >= 0.3 is 0 Å². The summed E-state index contributed by atoms with van der Waals surface area (Å²) >= 11 is 0. The molecular weight excluding hydrogens is 364 g/mol. The largest absolute Gasteiger partial charge is 0.497 e. The quantitative estimate of drug-likeness (QED) is 0.773. The Morgan fingerprint density at radius 2 is 1.72 bits per heavy atom. The smallest absolute Gasteiger partial charge is 0.278 e. The summed E-state index contributed by atoms with van der Waals surface area (Å²) in [6.07, 6.45) is 4.49. The van der Waals surface area contributed by atoms with E-state index in [0.29, 0.717) is 6.61 Å². The molecule has 154 valence electrons. The second kappa shape index (κ2) is 8.07. The van der Waals surface area contributed by atoms with Crippen LogP contribution in [-0.2, 0) is 5.72 Å². The first kappa shape index (κ1) is 19.8. The molecule has 2 aromatic carbocycles. The van der Waals surface area contributed by atoms with Gasteiger partial charge in [-0.25, -0.2) is 0 Å². The molecule has 2 heterocycles. The van der Waals surface area contributed by atoms with Gasteiger partial charge < -0.3 is 14.6 Å². The number of benzene rings is 2. The molecule has 5 heteroatoms. The highest BCUT2D eigenvalue weighted by Crippen LogP contribution is 2.42. The predicted octanol–water partition coefficient (Wildman–Crippen LogP) is 4.13. The zero-order chi connectivity index (χ0) is 20.4. The van der Waals surface area contributed by atoms with Crippen LogP contribution in [0.3, 0.4) is 0 Å². The Hall–Kier alpha value is -2.53. The number of ether oxygens (including phenoxy) is 2. The second-order valence-electron chi connectivity index (χ2n) is 7.81. The molecule has 2 aromatic rings. The number of anilines is 1. The number of hydrogen-bond acceptors (Lipinski definition) is 4. The average Bonchev–Trinajstić information content (AvgIpc) is 2.89. The first-order chi connectivity index (χ1) is 14.1. The van der Waals surface area contributed by atoms with Crippen molar-refractivity contribution in [3.63, 3.8) is 0 Å². The van der Waals surface area contributed by atoms with E-state index in [2.05, 4.69) is 16.4 Å². The number of hydrogen-bond donors (Lipinski definition) is 1. The SMILES string of the molecule is CCOc1ccc([C@@]2(O)[C@@H](C)[N+]3=C(CCCCC3)N2c2ccc(OC)cc2)cc1. The van der Waals surface area contributed by atoms with E-state index in [1.807, 2.05) is 55.5 Å². The van der Waals surface area contributed by atoms with E-state index in [-0.39, 0.29) is 6.04 Å². The lowest BCUT2D eigenvalue weighted by molar-refractivity contribution is -0.571. The van der Waals surface area contributed by atoms with Gasteiger partial charge in [0.25, 0.3) is 11.6 Å². The zero-order valence-corrected chi connectivity index (χ0v) is 17.6. The first-order valence-corrected chi connectivity index (χ1v) is 10.6. The lowest BCUT2D eigenvalue weighted by Crippen LogP contribution is -2.51. The Kier molecular flexibility index (Phi) is 5.50. The van der Waals surface area contributed by atoms with Crippen molar-refractivity contribution in [3.8, 4) is 11.5 Å². The zero-order valence-electron chi connectivity index (χ0n) is 17.6. The summed E-state index contributed by atoms with van der Waals surface area (Å²) in [6, 6.07) is 15.8. The van der Waals surface area contributed by atoms with E-state index in [1.165, 1.54) is 12.3 Å². The Morgan fingerprint density at radius 3 is 2.38 bits per heavy atom. The molecule has 1 N–H and O–H groups in total. The summed E-state index contributed by atoms with van der Waals surface area (Å²) in [7, 11) is 1.67. The van der Waals surface area contributed by atoms with Crippen LogP contribution in [0.25, 0.3) is 0 Å². The summed E-state index contributed by atoms with van der Waals surface area (Å²) in [5.41, 5.74) is 0.713. The van der Waals surface area contributed by atoms with Crippen LogP contribution in [0.4, 0.5) is 5.69 Å². The van der Waals surface area contributed by atoms with Gasteiger partial charge in [-0.15, -0.1) is 0 Å². The molecule has 4 rings (SSSR count). The maximum atomic E-state index is 12.2. The number of aliphatic hydroxyl groups is 1. The van der Waals surface area contributed by atoms with Crippen molar-refractivity contribution >= 4 is 11.5 Å². The van der Waals surface area contributed by atoms with Crippen LogP contribution in [0.5, 0.6) is 11.5 Å². The summed E-state index contributed by atoms with van der Waals surface area (Å²) < 4.78 is 13.3. The first-order valence-electron chi connectivity index (χ1n) is 10.6. The predicted molar refractivity (Wildman–Crippen MR) is 115 cm³/mol. The summed E-state index contributed by atoms with van der Waals surface area (Å²) in [6.45, 7) is 5.71. The summed E-state index contributed by atoms with van der Waals surface area (Å²) in [5.74, 6) is 2.84. The highest BCUT2D eigenvalue weighted by molar-refractivity contribution is 5.97. The van der Waals surface area contributed by atoms with Gasteiger partial charge in [-0.1, -0.05) is 0 Å². The van der Waals surface area contributed by atoms with Crippen molar-refractivity contribution in [2.75, 3.05) is 25.2 Å². The fraction of sp³-hybridized carbons (Fsp3) is 0.458. The van der Waals surface area contributed by atoms with Gasteiger partial charge in [0.2, 0.25) is 0 Å². The molecule has 0 bridgehead atoms. The van der Waals surface area contributed by atoms with Crippen molar-refractivity contribution in [3.05, 3.63) is 54.1 Å². The van der Waals surface area contributed by atoms with E-state index < -0.39 is 5.72 Å². The minimum Gasteiger partial charge on any atom is -0.497 e. The van der Waals surface area contributed by atoms with Crippen molar-refractivity contribution in [1.82, 2.24) is 0 Å². The number of amidine groups is 1. The van der Waals surface area contributed by atoms with Gasteiger partial charge in [0, 0.05) is 12.0 Å². The molecule has 0 spiro atoms. The van der Waals surface area contributed by atoms with Crippen molar-refractivity contribution < 1.29 is 19.2 Å². The molecule has 0 amide bonds. The van der Waals surface area contributed by atoms with E-state index in [0.717, 1.165) is 48.6 Å². The molecular formula is C24H31N2O3+. The lowest BCUT2D eigenvalue weighted by Gasteiger charge is -2.32. The molecule has 2 atom stereocenters. The normalized spacial score (nSPS) is 24.3. The van der Waals surface area contributed by atoms with Crippen LogP contribution in [0.1, 0.15) is 45.1 Å². The molecule has 29 heavy (non-hydrogen) atoms. The van der Waals surface area contributed by atoms with E-state index >= 15 is 0 Å². The van der Waals surface area contributed by atoms with Crippen molar-refractivity contribution in [1.29, 1.82) is 0 Å². The van der Waals surface area contributed by atoms with Crippen LogP contribution in [0.15, 0.2) is 48.5 Å². The van der Waals surface area contributed by atoms with Crippen LogP contribution in [0, 0.1) is 0 Å². The monoisotopic (exact) mass is 395 g/mol. The van der Waals surface area contributed by atoms with Crippen LogP contribution in [-0.4, -0.2) is 41.8 Å². The molecule has 0 saturated heterocycles. The Balaban J connectivity index is 1.81. The molecule has 0 radical (unpaired) electrons. The maximum Gasteiger partial charge on any atom is 0.278 e. The molecule has 2 aliphatic heterocycles. The second-order valence-corrected chi connectivity index (χ2v) is 7.81. The Bertz CT molecular complexity index is 876. The average molecular weight is 396 g/mol. The van der Waals surface area contributed by atoms with Crippen LogP contribution >= 0.6 is 0 Å². The van der Waals surface area contributed by atoms with Gasteiger partial charge in [-0.3, -0.25) is 4.58 Å². The van der Waals surface area contributed by atoms with Crippen LogP contribution < -0.4 is 14.4 Å². The molecule has 0 aliphatic carbocycles. The number of rotatable bonds is 5. The van der Waals surface area contributed by atoms with Gasteiger partial charge in [-0.05, 0) is 81.6 Å². The third-order valence-corrected chi connectivity index (χ3v) is 6.20. The third kappa shape index (κ3) is 3.38. The fourth-order valence-electron chi connectivity index (χ4n) is 4.68. The van der Waals surface area contributed by atoms with Crippen molar-refractivity contribution in [2.45, 2.75) is 51.3 Å². The van der Waals surface area contributed by atoms with Crippen molar-refractivity contribution in [2.24, 2.45) is 0 Å². The van der Waals surface area contributed by atoms with E-state index in [4.69, 9.17) is 9.47 Å². The summed E-state index contributed by atoms with van der Waals surface area (Å²) in [4.78, 5) is 2.14. The van der Waals surface area contributed by atoms with Gasteiger partial charge in [0.15, 0.2) is 6.04 Å². The number of nitrogens with zero attached hydrogens (tertiary/aromatic N) is 2. The highest BCUT2D eigenvalue weighted by Gasteiger charge is 2.59. The minimum absolute atomic E-state index is 0.0596. The van der Waals surface area contributed by atoms with E-state index in [1.54, 1.807) is 7.11 Å². The Labute approximate surface area is 173 Å². The molecule has 2 aliphatic rings. The standard InChI is InChI=1S/C24H31N2O3/c1-4-29-22-13-9-19(10-14-22)24(27)18(2)25-17-7-5-6-8-23(25)26(24)20-11-15-21(28-3)16-12-20/h9-16,18,27H,4-8,17H2,1-3H3/q+1/t18-,24+/m1/s1. The van der Waals surface area contributed by atoms with Crippen LogP contribution in [0.2, 0.25) is 0 Å².